The van der Waals surface area contributed by atoms with Crippen molar-refractivity contribution in [1.82, 2.24) is 15.2 Å². The molecule has 1 aromatic carbocycles. The van der Waals surface area contributed by atoms with Gasteiger partial charge in [0.15, 0.2) is 0 Å². The molecular formula is C22H27N5O3. The highest BCUT2D eigenvalue weighted by atomic mass is 16.5. The van der Waals surface area contributed by atoms with Crippen molar-refractivity contribution in [2.45, 2.75) is 32.9 Å². The maximum atomic E-state index is 13.1. The molecule has 4 N–H and O–H groups in total. The number of nitrogens with two attached hydrogens (primary N) is 1. The fourth-order valence-corrected chi connectivity index (χ4v) is 3.36. The number of amides is 1. The first kappa shape index (κ1) is 21.2. The summed E-state index contributed by atoms with van der Waals surface area (Å²) in [5.74, 6) is 1.39. The zero-order valence-electron chi connectivity index (χ0n) is 17.8. The number of allylic oxidation sites excluding steroid dienone is 1. The molecule has 0 bridgehead atoms. The molecular weight excluding hydrogens is 382 g/mol. The van der Waals surface area contributed by atoms with Gasteiger partial charge >= 0.3 is 0 Å². The largest absolute Gasteiger partial charge is 0.497 e. The summed E-state index contributed by atoms with van der Waals surface area (Å²) in [6.45, 7) is 5.53. The van der Waals surface area contributed by atoms with Gasteiger partial charge in [-0.2, -0.15) is 0 Å². The summed E-state index contributed by atoms with van der Waals surface area (Å²) >= 11 is 0. The van der Waals surface area contributed by atoms with Gasteiger partial charge in [0.25, 0.3) is 5.91 Å². The van der Waals surface area contributed by atoms with Crippen molar-refractivity contribution in [2.75, 3.05) is 14.2 Å². The Morgan fingerprint density at radius 3 is 2.63 bits per heavy atom. The van der Waals surface area contributed by atoms with Crippen molar-refractivity contribution in [3.8, 4) is 5.75 Å². The zero-order valence-corrected chi connectivity index (χ0v) is 17.8. The van der Waals surface area contributed by atoms with Gasteiger partial charge in [-0.25, -0.2) is 4.99 Å². The number of aliphatic imine (C=N–C) groups is 1. The van der Waals surface area contributed by atoms with E-state index in [1.165, 1.54) is 6.20 Å². The molecule has 1 aliphatic heterocycles. The summed E-state index contributed by atoms with van der Waals surface area (Å²) in [6.07, 6.45) is 3.16. The van der Waals surface area contributed by atoms with Crippen LogP contribution in [-0.2, 0) is 0 Å². The number of ether oxygens (including phenoxy) is 1. The maximum absolute atomic E-state index is 13.1. The van der Waals surface area contributed by atoms with E-state index in [0.29, 0.717) is 22.9 Å². The van der Waals surface area contributed by atoms with Crippen LogP contribution < -0.4 is 21.2 Å². The number of benzene rings is 1. The second kappa shape index (κ2) is 8.44. The molecule has 0 spiro atoms. The Bertz CT molecular complexity index is 1070. The summed E-state index contributed by atoms with van der Waals surface area (Å²) in [4.78, 5) is 35.3. The SMILES string of the molecule is COc1ccc(C(C)NC(=O)c2c[nH]c3c(c2=O)C(C)N(C)C(/C=C(/C)N)=N3)cc1. The molecule has 3 rings (SSSR count). The van der Waals surface area contributed by atoms with E-state index < -0.39 is 5.91 Å². The second-order valence-electron chi connectivity index (χ2n) is 7.41. The monoisotopic (exact) mass is 409 g/mol. The molecule has 0 saturated carbocycles. The Hall–Kier alpha value is -3.55. The number of likely N-dealkylation sites (N-methyl/N-ethyl adjacent to an activating group) is 1. The van der Waals surface area contributed by atoms with E-state index in [0.717, 1.165) is 11.3 Å². The average Bonchev–Trinajstić information content (AvgIpc) is 2.71. The van der Waals surface area contributed by atoms with Gasteiger partial charge in [0.05, 0.1) is 24.8 Å². The van der Waals surface area contributed by atoms with Crippen molar-refractivity contribution in [3.63, 3.8) is 0 Å². The number of methoxy groups -OCH3 is 1. The lowest BCUT2D eigenvalue weighted by atomic mass is 10.0. The van der Waals surface area contributed by atoms with Crippen molar-refractivity contribution < 1.29 is 9.53 Å². The van der Waals surface area contributed by atoms with Crippen molar-refractivity contribution in [2.24, 2.45) is 10.7 Å². The molecule has 30 heavy (non-hydrogen) atoms. The highest BCUT2D eigenvalue weighted by molar-refractivity contribution is 5.98. The summed E-state index contributed by atoms with van der Waals surface area (Å²) in [5, 5.41) is 2.88. The molecule has 2 unspecified atom stereocenters. The normalized spacial score (nSPS) is 17.1. The molecule has 0 saturated heterocycles. The van der Waals surface area contributed by atoms with Crippen LogP contribution in [0.1, 0.15) is 54.3 Å². The highest BCUT2D eigenvalue weighted by Gasteiger charge is 2.28. The first-order chi connectivity index (χ1) is 14.2. The zero-order chi connectivity index (χ0) is 22.0. The van der Waals surface area contributed by atoms with Gasteiger partial charge in [-0.05, 0) is 44.5 Å². The van der Waals surface area contributed by atoms with E-state index in [9.17, 15) is 9.59 Å². The molecule has 0 fully saturated rings. The molecule has 8 heteroatoms. The summed E-state index contributed by atoms with van der Waals surface area (Å²) in [7, 11) is 3.44. The number of rotatable bonds is 5. The van der Waals surface area contributed by atoms with Crippen molar-refractivity contribution in [3.05, 3.63) is 69.1 Å². The van der Waals surface area contributed by atoms with Gasteiger partial charge in [-0.3, -0.25) is 9.59 Å². The molecule has 158 valence electrons. The van der Waals surface area contributed by atoms with Gasteiger partial charge in [0, 0.05) is 18.9 Å². The first-order valence-corrected chi connectivity index (χ1v) is 9.68. The maximum Gasteiger partial charge on any atom is 0.257 e. The Morgan fingerprint density at radius 2 is 2.03 bits per heavy atom. The number of nitrogens with zero attached hydrogens (tertiary/aromatic N) is 2. The predicted molar refractivity (Wildman–Crippen MR) is 117 cm³/mol. The molecule has 2 aromatic rings. The molecule has 0 radical (unpaired) electrons. The molecule has 1 aliphatic rings. The second-order valence-corrected chi connectivity index (χ2v) is 7.41. The number of amidine groups is 1. The number of nitrogens with one attached hydrogen (secondary N) is 2. The van der Waals surface area contributed by atoms with Crippen LogP contribution >= 0.6 is 0 Å². The molecule has 2 atom stereocenters. The topological polar surface area (TPSA) is 113 Å². The smallest absolute Gasteiger partial charge is 0.257 e. The van der Waals surface area contributed by atoms with Crippen molar-refractivity contribution in [1.29, 1.82) is 0 Å². The third kappa shape index (κ3) is 4.07. The van der Waals surface area contributed by atoms with Crippen LogP contribution in [-0.4, -0.2) is 35.8 Å². The number of carbonyl (C=O) groups is 1. The van der Waals surface area contributed by atoms with E-state index in [1.54, 1.807) is 20.1 Å². The molecule has 0 aliphatic carbocycles. The minimum Gasteiger partial charge on any atom is -0.497 e. The fourth-order valence-electron chi connectivity index (χ4n) is 3.36. The number of H-pyrrole nitrogens is 1. The van der Waals surface area contributed by atoms with E-state index >= 15 is 0 Å². The van der Waals surface area contributed by atoms with Crippen LogP contribution in [0, 0.1) is 0 Å². The van der Waals surface area contributed by atoms with E-state index in [2.05, 4.69) is 15.3 Å². The van der Waals surface area contributed by atoms with Crippen LogP contribution in [0.4, 0.5) is 5.82 Å². The van der Waals surface area contributed by atoms with E-state index in [-0.39, 0.29) is 23.1 Å². The highest BCUT2D eigenvalue weighted by Crippen LogP contribution is 2.30. The average molecular weight is 409 g/mol. The van der Waals surface area contributed by atoms with E-state index in [1.807, 2.05) is 50.1 Å². The lowest BCUT2D eigenvalue weighted by molar-refractivity contribution is 0.0938. The Morgan fingerprint density at radius 1 is 1.37 bits per heavy atom. The van der Waals surface area contributed by atoms with Gasteiger partial charge in [0.2, 0.25) is 5.43 Å². The number of fused-ring (bicyclic) bond motifs is 1. The third-order valence-electron chi connectivity index (χ3n) is 5.25. The number of hydrogen-bond donors (Lipinski definition) is 3. The molecule has 1 amide bonds. The molecule has 8 nitrogen and oxygen atoms in total. The Balaban J connectivity index is 1.89. The first-order valence-electron chi connectivity index (χ1n) is 9.68. The van der Waals surface area contributed by atoms with Crippen LogP contribution in [0.5, 0.6) is 5.75 Å². The summed E-state index contributed by atoms with van der Waals surface area (Å²) in [5.41, 5.74) is 7.47. The number of aromatic amines is 1. The quantitative estimate of drug-likeness (QED) is 0.703. The van der Waals surface area contributed by atoms with E-state index in [4.69, 9.17) is 10.5 Å². The number of aromatic nitrogens is 1. The van der Waals surface area contributed by atoms with Gasteiger partial charge in [-0.15, -0.1) is 0 Å². The summed E-state index contributed by atoms with van der Waals surface area (Å²) in [6, 6.07) is 6.87. The third-order valence-corrected chi connectivity index (χ3v) is 5.25. The molecule has 1 aromatic heterocycles. The molecule has 2 heterocycles. The van der Waals surface area contributed by atoms with Gasteiger partial charge in [0.1, 0.15) is 23.0 Å². The lowest BCUT2D eigenvalue weighted by Gasteiger charge is -2.31. The van der Waals surface area contributed by atoms with Crippen LogP contribution in [0.2, 0.25) is 0 Å². The fraction of sp³-hybridized carbons (Fsp3) is 0.318. The van der Waals surface area contributed by atoms with Crippen LogP contribution in [0.25, 0.3) is 0 Å². The predicted octanol–water partition coefficient (Wildman–Crippen LogP) is 2.77. The van der Waals surface area contributed by atoms with Crippen LogP contribution in [0.15, 0.2) is 52.0 Å². The van der Waals surface area contributed by atoms with Crippen LogP contribution in [0.3, 0.4) is 0 Å². The lowest BCUT2D eigenvalue weighted by Crippen LogP contribution is -2.38. The van der Waals surface area contributed by atoms with Gasteiger partial charge in [-0.1, -0.05) is 12.1 Å². The number of hydrogen-bond acceptors (Lipinski definition) is 6. The minimum absolute atomic E-state index is 0.0542. The number of carbonyl (C=O) groups excluding carboxylic acids is 1. The Labute approximate surface area is 175 Å². The minimum atomic E-state index is -0.440. The summed E-state index contributed by atoms with van der Waals surface area (Å²) < 4.78 is 5.16. The van der Waals surface area contributed by atoms with Crippen molar-refractivity contribution >= 4 is 17.6 Å². The Kier molecular flexibility index (Phi) is 5.96. The standard InChI is InChI=1S/C22H27N5O3/c1-12(23)10-18-26-21-19(14(3)27(18)4)20(28)17(11-24-21)22(29)25-13(2)15-6-8-16(30-5)9-7-15/h6-11,13-14H,23H2,1-5H3,(H,24,28)(H,25,29)/b12-10-. The van der Waals surface area contributed by atoms with Gasteiger partial charge < -0.3 is 25.7 Å². The number of pyridine rings is 1.